The topological polar surface area (TPSA) is 87.6 Å². The van der Waals surface area contributed by atoms with Gasteiger partial charge in [0.05, 0.1) is 29.3 Å². The Kier molecular flexibility index (Phi) is 4.82. The van der Waals surface area contributed by atoms with Crippen molar-refractivity contribution in [3.63, 3.8) is 0 Å². The van der Waals surface area contributed by atoms with Gasteiger partial charge in [-0.1, -0.05) is 0 Å². The van der Waals surface area contributed by atoms with E-state index < -0.39 is 0 Å². The molecule has 4 rings (SSSR count). The highest BCUT2D eigenvalue weighted by molar-refractivity contribution is 5.97. The molecule has 2 atom stereocenters. The van der Waals surface area contributed by atoms with Gasteiger partial charge < -0.3 is 19.7 Å². The number of morpholine rings is 1. The number of aromatic nitrogens is 2. The van der Waals surface area contributed by atoms with Gasteiger partial charge in [-0.25, -0.2) is 4.79 Å². The number of aromatic amines is 1. The number of nitrogens with zero attached hydrogens (tertiary/aromatic N) is 2. The third kappa shape index (κ3) is 3.53. The normalized spacial score (nSPS) is 29.2. The summed E-state index contributed by atoms with van der Waals surface area (Å²) < 4.78 is 7.49. The van der Waals surface area contributed by atoms with Gasteiger partial charge in [-0.2, -0.15) is 0 Å². The highest BCUT2D eigenvalue weighted by Gasteiger charge is 2.28. The first-order valence-corrected chi connectivity index (χ1v) is 9.79. The smallest absolute Gasteiger partial charge is 0.326 e. The van der Waals surface area contributed by atoms with Crippen molar-refractivity contribution in [2.75, 3.05) is 13.1 Å². The molecule has 2 aliphatic rings. The van der Waals surface area contributed by atoms with Crippen molar-refractivity contribution in [1.29, 1.82) is 0 Å². The second kappa shape index (κ2) is 7.13. The molecule has 1 aliphatic carbocycles. The maximum absolute atomic E-state index is 12.9. The van der Waals surface area contributed by atoms with Crippen LogP contribution in [0.5, 0.6) is 0 Å². The molecule has 0 spiro atoms. The molecule has 1 saturated carbocycles. The number of nitrogens with one attached hydrogen (secondary N) is 1. The van der Waals surface area contributed by atoms with E-state index in [-0.39, 0.29) is 36.0 Å². The zero-order chi connectivity index (χ0) is 19.1. The van der Waals surface area contributed by atoms with Gasteiger partial charge in [-0.3, -0.25) is 9.36 Å². The fraction of sp³-hybridized carbons (Fsp3) is 0.600. The Balaban J connectivity index is 1.62. The molecule has 7 nitrogen and oxygen atoms in total. The van der Waals surface area contributed by atoms with Crippen molar-refractivity contribution in [3.8, 4) is 0 Å². The Hall–Kier alpha value is -2.12. The minimum atomic E-state index is -0.260. The fourth-order valence-electron chi connectivity index (χ4n) is 4.47. The van der Waals surface area contributed by atoms with Crippen LogP contribution in [-0.2, 0) is 4.74 Å². The molecule has 2 aromatic rings. The summed E-state index contributed by atoms with van der Waals surface area (Å²) in [6.45, 7) is 5.09. The number of hydrogen-bond acceptors (Lipinski definition) is 4. The molecule has 146 valence electrons. The van der Waals surface area contributed by atoms with E-state index in [1.165, 1.54) is 0 Å². The number of H-pyrrole nitrogens is 1. The molecular formula is C20H27N3O4. The standard InChI is InChI=1S/C20H27N3O4/c1-12-10-22(11-13(2)27-12)19(25)14-3-8-18-17(9-14)21-20(26)23(18)15-4-6-16(24)7-5-15/h3,8-9,12-13,15-16,24H,4-7,10-11H2,1-2H3,(H,21,26)/t12-,13+,15?,16?. The molecule has 2 N–H and O–H groups in total. The van der Waals surface area contributed by atoms with Crippen LogP contribution in [0, 0.1) is 0 Å². The number of rotatable bonds is 2. The quantitative estimate of drug-likeness (QED) is 0.843. The number of fused-ring (bicyclic) bond motifs is 1. The molecular weight excluding hydrogens is 346 g/mol. The molecule has 27 heavy (non-hydrogen) atoms. The van der Waals surface area contributed by atoms with Gasteiger partial charge in [-0.15, -0.1) is 0 Å². The number of carbonyl (C=O) groups is 1. The minimum Gasteiger partial charge on any atom is -0.393 e. The maximum Gasteiger partial charge on any atom is 0.326 e. The van der Waals surface area contributed by atoms with E-state index in [4.69, 9.17) is 4.74 Å². The zero-order valence-corrected chi connectivity index (χ0v) is 15.9. The third-order valence-electron chi connectivity index (χ3n) is 5.70. The maximum atomic E-state index is 12.9. The first-order valence-electron chi connectivity index (χ1n) is 9.79. The number of aliphatic hydroxyl groups is 1. The van der Waals surface area contributed by atoms with Crippen LogP contribution in [-0.4, -0.2) is 56.9 Å². The number of hydrogen-bond donors (Lipinski definition) is 2. The van der Waals surface area contributed by atoms with E-state index >= 15 is 0 Å². The molecule has 1 aliphatic heterocycles. The molecule has 0 bridgehead atoms. The number of amides is 1. The van der Waals surface area contributed by atoms with Gasteiger partial charge in [0.15, 0.2) is 0 Å². The Morgan fingerprint density at radius 3 is 2.48 bits per heavy atom. The third-order valence-corrected chi connectivity index (χ3v) is 5.70. The monoisotopic (exact) mass is 373 g/mol. The lowest BCUT2D eigenvalue weighted by atomic mass is 9.93. The molecule has 2 fully saturated rings. The van der Waals surface area contributed by atoms with Crippen molar-refractivity contribution in [3.05, 3.63) is 34.2 Å². The van der Waals surface area contributed by atoms with Crippen LogP contribution in [0.25, 0.3) is 11.0 Å². The van der Waals surface area contributed by atoms with E-state index in [1.54, 1.807) is 16.7 Å². The van der Waals surface area contributed by atoms with E-state index in [9.17, 15) is 14.7 Å². The lowest BCUT2D eigenvalue weighted by molar-refractivity contribution is -0.0586. The van der Waals surface area contributed by atoms with Crippen LogP contribution in [0.4, 0.5) is 0 Å². The van der Waals surface area contributed by atoms with E-state index in [0.29, 0.717) is 37.0 Å². The lowest BCUT2D eigenvalue weighted by Crippen LogP contribution is -2.48. The number of aliphatic hydroxyl groups excluding tert-OH is 1. The summed E-state index contributed by atoms with van der Waals surface area (Å²) in [5.41, 5.74) is 1.94. The van der Waals surface area contributed by atoms with Crippen LogP contribution in [0.15, 0.2) is 23.0 Å². The molecule has 1 aromatic heterocycles. The summed E-state index contributed by atoms with van der Waals surface area (Å²) in [5.74, 6) is -0.0340. The fourth-order valence-corrected chi connectivity index (χ4v) is 4.47. The molecule has 2 heterocycles. The van der Waals surface area contributed by atoms with E-state index in [2.05, 4.69) is 4.98 Å². The van der Waals surface area contributed by atoms with Crippen molar-refractivity contribution >= 4 is 16.9 Å². The lowest BCUT2D eigenvalue weighted by Gasteiger charge is -2.35. The largest absolute Gasteiger partial charge is 0.393 e. The Morgan fingerprint density at radius 2 is 1.81 bits per heavy atom. The second-order valence-corrected chi connectivity index (χ2v) is 7.96. The number of benzene rings is 1. The van der Waals surface area contributed by atoms with Crippen LogP contribution in [0.2, 0.25) is 0 Å². The van der Waals surface area contributed by atoms with Crippen LogP contribution < -0.4 is 5.69 Å². The average molecular weight is 373 g/mol. The molecule has 0 radical (unpaired) electrons. The summed E-state index contributed by atoms with van der Waals surface area (Å²) in [6.07, 6.45) is 2.79. The number of carbonyl (C=O) groups excluding carboxylic acids is 1. The summed E-state index contributed by atoms with van der Waals surface area (Å²) in [6, 6.07) is 5.53. The minimum absolute atomic E-state index is 0.0176. The first-order chi connectivity index (χ1) is 12.9. The predicted molar refractivity (Wildman–Crippen MR) is 102 cm³/mol. The van der Waals surface area contributed by atoms with Crippen LogP contribution in [0.3, 0.4) is 0 Å². The van der Waals surface area contributed by atoms with Gasteiger partial charge >= 0.3 is 5.69 Å². The Bertz CT molecular complexity index is 884. The van der Waals surface area contributed by atoms with Crippen molar-refractivity contribution in [2.24, 2.45) is 0 Å². The molecule has 1 saturated heterocycles. The van der Waals surface area contributed by atoms with Gasteiger partial charge in [0, 0.05) is 24.7 Å². The summed E-state index contributed by atoms with van der Waals surface area (Å²) in [4.78, 5) is 30.1. The zero-order valence-electron chi connectivity index (χ0n) is 15.9. The van der Waals surface area contributed by atoms with Gasteiger partial charge in [0.25, 0.3) is 5.91 Å². The number of imidazole rings is 1. The molecule has 7 heteroatoms. The van der Waals surface area contributed by atoms with Crippen molar-refractivity contribution < 1.29 is 14.6 Å². The number of ether oxygens (including phenoxy) is 1. The second-order valence-electron chi connectivity index (χ2n) is 7.96. The van der Waals surface area contributed by atoms with Gasteiger partial charge in [-0.05, 0) is 57.7 Å². The van der Waals surface area contributed by atoms with E-state index in [1.807, 2.05) is 24.8 Å². The van der Waals surface area contributed by atoms with Crippen LogP contribution >= 0.6 is 0 Å². The van der Waals surface area contributed by atoms with Gasteiger partial charge in [0.2, 0.25) is 0 Å². The van der Waals surface area contributed by atoms with Crippen LogP contribution in [0.1, 0.15) is 55.9 Å². The summed E-state index contributed by atoms with van der Waals surface area (Å²) >= 11 is 0. The average Bonchev–Trinajstić information content (AvgIpc) is 2.96. The summed E-state index contributed by atoms with van der Waals surface area (Å²) in [5, 5.41) is 9.72. The predicted octanol–water partition coefficient (Wildman–Crippen LogP) is 2.05. The highest BCUT2D eigenvalue weighted by Crippen LogP contribution is 2.30. The highest BCUT2D eigenvalue weighted by atomic mass is 16.5. The molecule has 1 aromatic carbocycles. The Labute approximate surface area is 157 Å². The Morgan fingerprint density at radius 1 is 1.15 bits per heavy atom. The molecule has 0 unspecified atom stereocenters. The van der Waals surface area contributed by atoms with E-state index in [0.717, 1.165) is 18.4 Å². The SMILES string of the molecule is C[C@@H]1CN(C(=O)c2ccc3c(c2)[nH]c(=O)n3C2CCC(O)CC2)C[C@H](C)O1. The van der Waals surface area contributed by atoms with Gasteiger partial charge in [0.1, 0.15) is 0 Å². The summed E-state index contributed by atoms with van der Waals surface area (Å²) in [7, 11) is 0. The molecule has 1 amide bonds. The first kappa shape index (κ1) is 18.3. The van der Waals surface area contributed by atoms with Crippen molar-refractivity contribution in [2.45, 2.75) is 63.9 Å². The van der Waals surface area contributed by atoms with Crippen molar-refractivity contribution in [1.82, 2.24) is 14.5 Å².